The minimum atomic E-state index is -4.54. The molecule has 2 unspecified atom stereocenters. The number of sulfonamides is 1. The largest absolute Gasteiger partial charge is 0.416 e. The average Bonchev–Trinajstić information content (AvgIpc) is 3.54. The molecular weight excluding hydrogens is 585 g/mol. The van der Waals surface area contributed by atoms with Gasteiger partial charge in [-0.15, -0.1) is 0 Å². The van der Waals surface area contributed by atoms with E-state index in [1.54, 1.807) is 6.07 Å². The van der Waals surface area contributed by atoms with Crippen LogP contribution in [-0.4, -0.2) is 14.3 Å². The Labute approximate surface area is 252 Å². The molecule has 44 heavy (non-hydrogen) atoms. The smallest absolute Gasteiger partial charge is 0.325 e. The number of hydrogen-bond donors (Lipinski definition) is 2. The van der Waals surface area contributed by atoms with Crippen LogP contribution in [0, 0.1) is 0 Å². The first-order valence-corrected chi connectivity index (χ1v) is 15.4. The Balaban J connectivity index is 1.31. The summed E-state index contributed by atoms with van der Waals surface area (Å²) in [5.41, 5.74) is 2.35. The van der Waals surface area contributed by atoms with Crippen molar-refractivity contribution < 1.29 is 26.4 Å². The highest BCUT2D eigenvalue weighted by Crippen LogP contribution is 2.53. The number of benzene rings is 5. The second-order valence-corrected chi connectivity index (χ2v) is 12.8. The molecule has 0 fully saturated rings. The van der Waals surface area contributed by atoms with Crippen LogP contribution >= 0.6 is 0 Å². The van der Waals surface area contributed by atoms with Gasteiger partial charge in [-0.25, -0.2) is 8.42 Å². The molecule has 1 aliphatic carbocycles. The van der Waals surface area contributed by atoms with Crippen LogP contribution in [0.5, 0.6) is 0 Å². The SMILES string of the molecule is O=C1Nc2ccc(S(=O)(=O)Nc3ccc(C(F)(F)F)cc3)cc2C1C1(Cc2cccc3ccccc23)C=Cc2ccccc21. The molecule has 1 aliphatic heterocycles. The Morgan fingerprint density at radius 2 is 1.57 bits per heavy atom. The van der Waals surface area contributed by atoms with Crippen LogP contribution in [0.3, 0.4) is 0 Å². The molecular formula is C35H25F3N2O3S. The number of alkyl halides is 3. The van der Waals surface area contributed by atoms with Crippen molar-refractivity contribution >= 4 is 44.2 Å². The molecule has 0 aromatic heterocycles. The third-order valence-electron chi connectivity index (χ3n) is 8.53. The Kier molecular flexibility index (Phi) is 6.40. The molecule has 1 heterocycles. The second-order valence-electron chi connectivity index (χ2n) is 11.1. The number of amides is 1. The number of carbonyl (C=O) groups is 1. The van der Waals surface area contributed by atoms with Gasteiger partial charge in [-0.3, -0.25) is 9.52 Å². The fourth-order valence-corrected chi connectivity index (χ4v) is 7.62. The lowest BCUT2D eigenvalue weighted by Gasteiger charge is -2.35. The topological polar surface area (TPSA) is 75.3 Å². The summed E-state index contributed by atoms with van der Waals surface area (Å²) in [6.45, 7) is 0. The maximum Gasteiger partial charge on any atom is 0.416 e. The quantitative estimate of drug-likeness (QED) is 0.205. The summed E-state index contributed by atoms with van der Waals surface area (Å²) in [4.78, 5) is 13.7. The minimum Gasteiger partial charge on any atom is -0.325 e. The molecule has 2 aliphatic rings. The zero-order valence-corrected chi connectivity index (χ0v) is 23.9. The van der Waals surface area contributed by atoms with Crippen LogP contribution in [0.2, 0.25) is 0 Å². The standard InChI is InChI=1S/C35H25F3N2O3S/c36-35(37,38)25-12-14-26(15-13-25)40-44(42,43)27-16-17-31-29(20-27)32(33(41)39-31)34(19-18-23-7-2-4-11-30(23)34)21-24-9-5-8-22-6-1-3-10-28(22)24/h1-20,32,40H,21H2,(H,39,41). The van der Waals surface area contributed by atoms with Crippen LogP contribution in [-0.2, 0) is 32.8 Å². The van der Waals surface area contributed by atoms with Gasteiger partial charge in [0.25, 0.3) is 10.0 Å². The molecule has 5 aromatic carbocycles. The van der Waals surface area contributed by atoms with Gasteiger partial charge in [-0.05, 0) is 81.9 Å². The maximum absolute atomic E-state index is 13.9. The lowest BCUT2D eigenvalue weighted by Crippen LogP contribution is -2.37. The fraction of sp³-hybridized carbons (Fsp3) is 0.114. The molecule has 2 N–H and O–H groups in total. The van der Waals surface area contributed by atoms with Crippen LogP contribution in [0.1, 0.15) is 33.7 Å². The van der Waals surface area contributed by atoms with Gasteiger partial charge >= 0.3 is 6.18 Å². The summed E-state index contributed by atoms with van der Waals surface area (Å²) in [5.74, 6) is -0.996. The number of allylic oxidation sites excluding steroid dienone is 1. The van der Waals surface area contributed by atoms with Crippen LogP contribution < -0.4 is 10.0 Å². The molecule has 220 valence electrons. The minimum absolute atomic E-state index is 0.00988. The van der Waals surface area contributed by atoms with E-state index in [0.29, 0.717) is 17.7 Å². The van der Waals surface area contributed by atoms with E-state index in [1.165, 1.54) is 12.1 Å². The van der Waals surface area contributed by atoms with Crippen molar-refractivity contribution in [2.24, 2.45) is 0 Å². The van der Waals surface area contributed by atoms with E-state index in [0.717, 1.165) is 51.7 Å². The third kappa shape index (κ3) is 4.64. The van der Waals surface area contributed by atoms with Gasteiger partial charge in [0.1, 0.15) is 0 Å². The normalized spacial score (nSPS) is 19.1. The lowest BCUT2D eigenvalue weighted by atomic mass is 9.65. The van der Waals surface area contributed by atoms with E-state index < -0.39 is 33.1 Å². The monoisotopic (exact) mass is 610 g/mol. The second kappa shape index (κ2) is 10.1. The van der Waals surface area contributed by atoms with Gasteiger partial charge < -0.3 is 5.32 Å². The van der Waals surface area contributed by atoms with Crippen LogP contribution in [0.25, 0.3) is 16.8 Å². The van der Waals surface area contributed by atoms with E-state index in [-0.39, 0.29) is 16.5 Å². The predicted molar refractivity (Wildman–Crippen MR) is 165 cm³/mol. The highest BCUT2D eigenvalue weighted by Gasteiger charge is 2.50. The van der Waals surface area contributed by atoms with Gasteiger partial charge in [-0.2, -0.15) is 13.2 Å². The molecule has 0 spiro atoms. The predicted octanol–water partition coefficient (Wildman–Crippen LogP) is 7.90. The molecule has 1 amide bonds. The lowest BCUT2D eigenvalue weighted by molar-refractivity contribution is -0.137. The van der Waals surface area contributed by atoms with E-state index in [2.05, 4.69) is 28.2 Å². The molecule has 0 saturated heterocycles. The Hall–Kier alpha value is -4.89. The Morgan fingerprint density at radius 1 is 0.841 bits per heavy atom. The highest BCUT2D eigenvalue weighted by atomic mass is 32.2. The van der Waals surface area contributed by atoms with Crippen molar-refractivity contribution in [3.05, 3.63) is 143 Å². The first kappa shape index (κ1) is 27.9. The molecule has 7 rings (SSSR count). The summed E-state index contributed by atoms with van der Waals surface area (Å²) >= 11 is 0. The van der Waals surface area contributed by atoms with E-state index in [1.807, 2.05) is 60.7 Å². The zero-order valence-electron chi connectivity index (χ0n) is 23.1. The van der Waals surface area contributed by atoms with E-state index >= 15 is 0 Å². The van der Waals surface area contributed by atoms with Gasteiger partial charge in [0.05, 0.1) is 16.4 Å². The number of anilines is 2. The number of halogens is 3. The van der Waals surface area contributed by atoms with Crippen molar-refractivity contribution in [2.75, 3.05) is 10.0 Å². The molecule has 0 bridgehead atoms. The average molecular weight is 611 g/mol. The first-order chi connectivity index (χ1) is 21.0. The first-order valence-electron chi connectivity index (χ1n) is 14.0. The zero-order chi connectivity index (χ0) is 30.7. The molecule has 5 nitrogen and oxygen atoms in total. The van der Waals surface area contributed by atoms with Crippen molar-refractivity contribution in [1.29, 1.82) is 0 Å². The number of fused-ring (bicyclic) bond motifs is 3. The van der Waals surface area contributed by atoms with Crippen LogP contribution in [0.4, 0.5) is 24.5 Å². The van der Waals surface area contributed by atoms with Crippen molar-refractivity contribution in [2.45, 2.75) is 28.8 Å². The Bertz CT molecular complexity index is 2080. The molecule has 5 aromatic rings. The maximum atomic E-state index is 13.9. The van der Waals surface area contributed by atoms with Crippen molar-refractivity contribution in [1.82, 2.24) is 0 Å². The highest BCUT2D eigenvalue weighted by molar-refractivity contribution is 7.92. The van der Waals surface area contributed by atoms with Crippen molar-refractivity contribution in [3.63, 3.8) is 0 Å². The van der Waals surface area contributed by atoms with Gasteiger partial charge in [0, 0.05) is 16.8 Å². The van der Waals surface area contributed by atoms with Crippen molar-refractivity contribution in [3.8, 4) is 0 Å². The van der Waals surface area contributed by atoms with Gasteiger partial charge in [0.15, 0.2) is 0 Å². The Morgan fingerprint density at radius 3 is 2.36 bits per heavy atom. The molecule has 0 radical (unpaired) electrons. The van der Waals surface area contributed by atoms with E-state index in [9.17, 15) is 26.4 Å². The number of rotatable bonds is 6. The van der Waals surface area contributed by atoms with E-state index in [4.69, 9.17) is 0 Å². The third-order valence-corrected chi connectivity index (χ3v) is 9.91. The molecule has 9 heteroatoms. The number of hydrogen-bond acceptors (Lipinski definition) is 3. The molecule has 0 saturated carbocycles. The fourth-order valence-electron chi connectivity index (χ4n) is 6.52. The van der Waals surface area contributed by atoms with Gasteiger partial charge in [0.2, 0.25) is 5.91 Å². The van der Waals surface area contributed by atoms with Crippen LogP contribution in [0.15, 0.2) is 120 Å². The summed E-state index contributed by atoms with van der Waals surface area (Å²) in [5, 5.41) is 5.11. The summed E-state index contributed by atoms with van der Waals surface area (Å²) in [7, 11) is -4.20. The van der Waals surface area contributed by atoms with Gasteiger partial charge in [-0.1, -0.05) is 78.9 Å². The summed E-state index contributed by atoms with van der Waals surface area (Å²) in [6.07, 6.45) is 0.0142. The molecule has 2 atom stereocenters. The summed E-state index contributed by atoms with van der Waals surface area (Å²) in [6, 6.07) is 30.3. The number of carbonyl (C=O) groups excluding carboxylic acids is 1. The summed E-state index contributed by atoms with van der Waals surface area (Å²) < 4.78 is 68.3. The number of nitrogens with one attached hydrogen (secondary N) is 2.